The number of hydrogen-bond acceptors (Lipinski definition) is 2. The predicted octanol–water partition coefficient (Wildman–Crippen LogP) is 2.60. The number of rotatable bonds is 6. The molecule has 0 saturated heterocycles. The molecule has 2 N–H and O–H groups in total. The van der Waals surface area contributed by atoms with Gasteiger partial charge >= 0.3 is 0 Å². The zero-order valence-electron chi connectivity index (χ0n) is 11.8. The molecule has 0 unspecified atom stereocenters. The van der Waals surface area contributed by atoms with Gasteiger partial charge in [0.15, 0.2) is 0 Å². The first kappa shape index (κ1) is 13.6. The Kier molecular flexibility index (Phi) is 4.41. The van der Waals surface area contributed by atoms with E-state index >= 15 is 0 Å². The number of nitrogens with two attached hydrogens (primary N) is 1. The van der Waals surface area contributed by atoms with E-state index in [-0.39, 0.29) is 0 Å². The molecule has 0 spiro atoms. The second-order valence-electron chi connectivity index (χ2n) is 5.97. The fourth-order valence-electron chi connectivity index (χ4n) is 2.96. The van der Waals surface area contributed by atoms with E-state index in [1.165, 1.54) is 30.4 Å². The Morgan fingerprint density at radius 2 is 2.00 bits per heavy atom. The third-order valence-electron chi connectivity index (χ3n) is 4.48. The van der Waals surface area contributed by atoms with Gasteiger partial charge in [0.25, 0.3) is 0 Å². The van der Waals surface area contributed by atoms with E-state index < -0.39 is 0 Å². The molecule has 0 amide bonds. The molecular weight excluding hydrogens is 220 g/mol. The van der Waals surface area contributed by atoms with Crippen LogP contribution in [-0.2, 0) is 6.42 Å². The van der Waals surface area contributed by atoms with Gasteiger partial charge in [0, 0.05) is 13.1 Å². The van der Waals surface area contributed by atoms with Gasteiger partial charge in [-0.3, -0.25) is 0 Å². The lowest BCUT2D eigenvalue weighted by Crippen LogP contribution is -2.46. The summed E-state index contributed by atoms with van der Waals surface area (Å²) in [5.74, 6) is 0. The Bertz CT molecular complexity index is 377. The molecule has 1 saturated carbocycles. The monoisotopic (exact) mass is 246 g/mol. The van der Waals surface area contributed by atoms with Crippen molar-refractivity contribution >= 4 is 0 Å². The fraction of sp³-hybridized carbons (Fsp3) is 0.625. The first-order valence-electron chi connectivity index (χ1n) is 7.08. The molecule has 1 aliphatic carbocycles. The predicted molar refractivity (Wildman–Crippen MR) is 77.7 cm³/mol. The lowest BCUT2D eigenvalue weighted by molar-refractivity contribution is 0.0882. The summed E-state index contributed by atoms with van der Waals surface area (Å²) in [6, 6.07) is 8.68. The Labute approximate surface area is 111 Å². The molecular formula is C16H26N2. The van der Waals surface area contributed by atoms with E-state index in [1.807, 2.05) is 0 Å². The average Bonchev–Trinajstić information content (AvgIpc) is 2.33. The minimum absolute atomic E-state index is 0.431. The normalized spacial score (nSPS) is 17.8. The van der Waals surface area contributed by atoms with Crippen molar-refractivity contribution in [3.63, 3.8) is 0 Å². The van der Waals surface area contributed by atoms with Crippen molar-refractivity contribution < 1.29 is 0 Å². The van der Waals surface area contributed by atoms with Crippen LogP contribution in [0.4, 0.5) is 0 Å². The van der Waals surface area contributed by atoms with Gasteiger partial charge in [0.1, 0.15) is 0 Å². The van der Waals surface area contributed by atoms with Crippen LogP contribution in [0.25, 0.3) is 0 Å². The van der Waals surface area contributed by atoms with E-state index in [1.54, 1.807) is 0 Å². The molecule has 0 heterocycles. The highest BCUT2D eigenvalue weighted by Crippen LogP contribution is 2.40. The number of nitrogens with zero attached hydrogens (tertiary/aromatic N) is 1. The van der Waals surface area contributed by atoms with Gasteiger partial charge in [0.2, 0.25) is 0 Å². The highest BCUT2D eigenvalue weighted by atomic mass is 15.1. The number of likely N-dealkylation sites (N-methyl/N-ethyl adjacent to an activating group) is 1. The van der Waals surface area contributed by atoms with E-state index in [4.69, 9.17) is 5.73 Å². The van der Waals surface area contributed by atoms with Crippen LogP contribution < -0.4 is 5.73 Å². The summed E-state index contributed by atoms with van der Waals surface area (Å²) in [5.41, 5.74) is 9.23. The SMILES string of the molecule is Cc1ccccc1CCN(C)CC1(CN)CCC1. The highest BCUT2D eigenvalue weighted by Gasteiger charge is 2.36. The van der Waals surface area contributed by atoms with Crippen LogP contribution in [0, 0.1) is 12.3 Å². The molecule has 1 aromatic rings. The minimum Gasteiger partial charge on any atom is -0.330 e. The van der Waals surface area contributed by atoms with Crippen molar-refractivity contribution in [2.75, 3.05) is 26.7 Å². The summed E-state index contributed by atoms with van der Waals surface area (Å²) < 4.78 is 0. The Balaban J connectivity index is 1.81. The number of benzene rings is 1. The molecule has 1 aliphatic rings. The lowest BCUT2D eigenvalue weighted by atomic mass is 9.68. The first-order chi connectivity index (χ1) is 8.65. The quantitative estimate of drug-likeness (QED) is 0.836. The van der Waals surface area contributed by atoms with Crippen molar-refractivity contribution in [1.82, 2.24) is 4.90 Å². The van der Waals surface area contributed by atoms with Crippen LogP contribution in [0.1, 0.15) is 30.4 Å². The molecule has 0 radical (unpaired) electrons. The summed E-state index contributed by atoms with van der Waals surface area (Å²) >= 11 is 0. The summed E-state index contributed by atoms with van der Waals surface area (Å²) in [7, 11) is 2.23. The van der Waals surface area contributed by atoms with Crippen molar-refractivity contribution in [2.45, 2.75) is 32.6 Å². The van der Waals surface area contributed by atoms with Crippen LogP contribution in [0.5, 0.6) is 0 Å². The molecule has 18 heavy (non-hydrogen) atoms. The second-order valence-corrected chi connectivity index (χ2v) is 5.97. The van der Waals surface area contributed by atoms with E-state index in [9.17, 15) is 0 Å². The lowest BCUT2D eigenvalue weighted by Gasteiger charge is -2.43. The van der Waals surface area contributed by atoms with Crippen LogP contribution in [-0.4, -0.2) is 31.6 Å². The summed E-state index contributed by atoms with van der Waals surface area (Å²) in [4.78, 5) is 2.46. The third-order valence-corrected chi connectivity index (χ3v) is 4.48. The fourth-order valence-corrected chi connectivity index (χ4v) is 2.96. The summed E-state index contributed by atoms with van der Waals surface area (Å²) in [5, 5.41) is 0. The molecule has 1 aromatic carbocycles. The zero-order valence-corrected chi connectivity index (χ0v) is 11.8. The van der Waals surface area contributed by atoms with E-state index in [0.29, 0.717) is 5.41 Å². The Morgan fingerprint density at radius 1 is 1.28 bits per heavy atom. The average molecular weight is 246 g/mol. The molecule has 0 aliphatic heterocycles. The van der Waals surface area contributed by atoms with Gasteiger partial charge in [-0.25, -0.2) is 0 Å². The van der Waals surface area contributed by atoms with Crippen molar-refractivity contribution in [3.8, 4) is 0 Å². The topological polar surface area (TPSA) is 29.3 Å². The van der Waals surface area contributed by atoms with Crippen LogP contribution in [0.15, 0.2) is 24.3 Å². The first-order valence-corrected chi connectivity index (χ1v) is 7.08. The highest BCUT2D eigenvalue weighted by molar-refractivity contribution is 5.25. The number of aryl methyl sites for hydroxylation is 1. The van der Waals surface area contributed by atoms with Gasteiger partial charge in [0.05, 0.1) is 0 Å². The van der Waals surface area contributed by atoms with Crippen LogP contribution in [0.3, 0.4) is 0 Å². The molecule has 0 atom stereocenters. The van der Waals surface area contributed by atoms with Crippen LogP contribution >= 0.6 is 0 Å². The Hall–Kier alpha value is -0.860. The van der Waals surface area contributed by atoms with Crippen molar-refractivity contribution in [1.29, 1.82) is 0 Å². The maximum absolute atomic E-state index is 5.92. The largest absolute Gasteiger partial charge is 0.330 e. The van der Waals surface area contributed by atoms with Crippen LogP contribution in [0.2, 0.25) is 0 Å². The van der Waals surface area contributed by atoms with Gasteiger partial charge in [-0.05, 0) is 56.3 Å². The number of hydrogen-bond donors (Lipinski definition) is 1. The maximum atomic E-state index is 5.92. The molecule has 1 fully saturated rings. The minimum atomic E-state index is 0.431. The zero-order chi connectivity index (χ0) is 13.0. The standard InChI is InChI=1S/C16H26N2/c1-14-6-3-4-7-15(14)8-11-18(2)13-16(12-17)9-5-10-16/h3-4,6-7H,5,8-13,17H2,1-2H3. The molecule has 0 bridgehead atoms. The Morgan fingerprint density at radius 3 is 2.56 bits per heavy atom. The van der Waals surface area contributed by atoms with Gasteiger partial charge in [-0.1, -0.05) is 30.7 Å². The van der Waals surface area contributed by atoms with Gasteiger partial charge in [-0.2, -0.15) is 0 Å². The molecule has 2 nitrogen and oxygen atoms in total. The second kappa shape index (κ2) is 5.85. The summed E-state index contributed by atoms with van der Waals surface area (Å²) in [6.07, 6.45) is 5.14. The summed E-state index contributed by atoms with van der Waals surface area (Å²) in [6.45, 7) is 5.34. The molecule has 0 aromatic heterocycles. The smallest absolute Gasteiger partial charge is 0.00471 e. The maximum Gasteiger partial charge on any atom is 0.00471 e. The van der Waals surface area contributed by atoms with E-state index in [2.05, 4.69) is 43.1 Å². The van der Waals surface area contributed by atoms with Crippen molar-refractivity contribution in [2.24, 2.45) is 11.1 Å². The van der Waals surface area contributed by atoms with Gasteiger partial charge < -0.3 is 10.6 Å². The molecule has 2 rings (SSSR count). The van der Waals surface area contributed by atoms with E-state index in [0.717, 1.165) is 26.1 Å². The molecule has 2 heteroatoms. The third kappa shape index (κ3) is 3.12. The van der Waals surface area contributed by atoms with Gasteiger partial charge in [-0.15, -0.1) is 0 Å². The molecule has 100 valence electrons. The van der Waals surface area contributed by atoms with Crippen molar-refractivity contribution in [3.05, 3.63) is 35.4 Å².